The molecular weight excluding hydrogens is 228 g/mol. The van der Waals surface area contributed by atoms with Crippen molar-refractivity contribution < 1.29 is 8.95 Å². The van der Waals surface area contributed by atoms with Crippen LogP contribution in [-0.2, 0) is 10.8 Å². The van der Waals surface area contributed by atoms with E-state index in [2.05, 4.69) is 15.3 Å². The molecule has 0 saturated carbocycles. The molecule has 7 heteroatoms. The molecule has 1 aromatic rings. The van der Waals surface area contributed by atoms with Crippen LogP contribution in [0.25, 0.3) is 0 Å². The van der Waals surface area contributed by atoms with Crippen molar-refractivity contribution in [2.75, 3.05) is 36.2 Å². The number of hydrogen-bond donors (Lipinski definition) is 2. The summed E-state index contributed by atoms with van der Waals surface area (Å²) < 4.78 is 16.1. The van der Waals surface area contributed by atoms with Crippen LogP contribution in [-0.4, -0.2) is 39.3 Å². The van der Waals surface area contributed by atoms with Crippen LogP contribution in [0.3, 0.4) is 0 Å². The smallest absolute Gasteiger partial charge is 0.242 e. The highest BCUT2D eigenvalue weighted by atomic mass is 32.2. The minimum atomic E-state index is -0.833. The molecule has 0 spiro atoms. The molecule has 0 aliphatic carbocycles. The van der Waals surface area contributed by atoms with Gasteiger partial charge in [-0.2, -0.15) is 4.98 Å². The van der Waals surface area contributed by atoms with Gasteiger partial charge in [0.2, 0.25) is 5.88 Å². The van der Waals surface area contributed by atoms with E-state index in [1.807, 2.05) is 6.92 Å². The molecule has 0 amide bonds. The largest absolute Gasteiger partial charge is 0.476 e. The molecule has 0 aliphatic heterocycles. The van der Waals surface area contributed by atoms with Gasteiger partial charge in [-0.1, -0.05) is 0 Å². The second kappa shape index (κ2) is 6.26. The quantitative estimate of drug-likeness (QED) is 0.745. The number of hydrogen-bond acceptors (Lipinski definition) is 6. The van der Waals surface area contributed by atoms with Gasteiger partial charge in [-0.05, 0) is 6.92 Å². The zero-order valence-electron chi connectivity index (χ0n) is 9.40. The third kappa shape index (κ3) is 3.65. The van der Waals surface area contributed by atoms with Crippen molar-refractivity contribution >= 4 is 22.3 Å². The molecule has 0 bridgehead atoms. The predicted octanol–water partition coefficient (Wildman–Crippen LogP) is 0.248. The maximum Gasteiger partial charge on any atom is 0.242 e. The second-order valence-corrected chi connectivity index (χ2v) is 4.63. The van der Waals surface area contributed by atoms with Crippen LogP contribution in [0, 0.1) is 0 Å². The van der Waals surface area contributed by atoms with Crippen LogP contribution in [0.2, 0.25) is 0 Å². The number of nitrogens with zero attached hydrogens (tertiary/aromatic N) is 2. The molecule has 1 aromatic heterocycles. The highest BCUT2D eigenvalue weighted by Gasteiger charge is 2.08. The molecule has 16 heavy (non-hydrogen) atoms. The minimum Gasteiger partial charge on any atom is -0.476 e. The molecule has 0 aromatic carbocycles. The van der Waals surface area contributed by atoms with E-state index < -0.39 is 10.8 Å². The molecular formula is C9H16N4O2S. The Morgan fingerprint density at radius 2 is 2.31 bits per heavy atom. The van der Waals surface area contributed by atoms with Crippen molar-refractivity contribution in [1.82, 2.24) is 9.97 Å². The molecule has 0 fully saturated rings. The van der Waals surface area contributed by atoms with Gasteiger partial charge in [0, 0.05) is 29.4 Å². The first-order chi connectivity index (χ1) is 7.65. The van der Waals surface area contributed by atoms with E-state index in [4.69, 9.17) is 10.5 Å². The van der Waals surface area contributed by atoms with Gasteiger partial charge in [0.25, 0.3) is 0 Å². The van der Waals surface area contributed by atoms with Crippen molar-refractivity contribution in [3.8, 4) is 5.88 Å². The van der Waals surface area contributed by atoms with Crippen molar-refractivity contribution in [1.29, 1.82) is 0 Å². The third-order valence-electron chi connectivity index (χ3n) is 1.81. The molecule has 6 nitrogen and oxygen atoms in total. The van der Waals surface area contributed by atoms with Gasteiger partial charge in [-0.3, -0.25) is 4.21 Å². The Hall–Kier alpha value is -1.37. The first kappa shape index (κ1) is 12.7. The molecule has 0 aliphatic rings. The SMILES string of the molecule is CCOc1ncnc(NCCS(C)=O)c1N. The molecule has 1 unspecified atom stereocenters. The van der Waals surface area contributed by atoms with E-state index in [0.29, 0.717) is 36.3 Å². The summed E-state index contributed by atoms with van der Waals surface area (Å²) >= 11 is 0. The average molecular weight is 244 g/mol. The predicted molar refractivity (Wildman–Crippen MR) is 65.0 cm³/mol. The van der Waals surface area contributed by atoms with E-state index in [1.54, 1.807) is 6.26 Å². The molecule has 90 valence electrons. The van der Waals surface area contributed by atoms with Crippen LogP contribution in [0.4, 0.5) is 11.5 Å². The van der Waals surface area contributed by atoms with E-state index in [1.165, 1.54) is 6.33 Å². The maximum absolute atomic E-state index is 10.9. The Bertz CT molecular complexity index is 373. The summed E-state index contributed by atoms with van der Waals surface area (Å²) in [6, 6.07) is 0. The summed E-state index contributed by atoms with van der Waals surface area (Å²) in [5.74, 6) is 1.44. The van der Waals surface area contributed by atoms with Gasteiger partial charge in [-0.15, -0.1) is 0 Å². The molecule has 1 atom stereocenters. The maximum atomic E-state index is 10.9. The summed E-state index contributed by atoms with van der Waals surface area (Å²) in [4.78, 5) is 7.91. The van der Waals surface area contributed by atoms with Gasteiger partial charge in [0.15, 0.2) is 5.82 Å². The molecule has 1 rings (SSSR count). The Morgan fingerprint density at radius 1 is 1.56 bits per heavy atom. The topological polar surface area (TPSA) is 90.1 Å². The zero-order valence-corrected chi connectivity index (χ0v) is 10.2. The van der Waals surface area contributed by atoms with Crippen molar-refractivity contribution in [2.45, 2.75) is 6.92 Å². The van der Waals surface area contributed by atoms with E-state index in [9.17, 15) is 4.21 Å². The van der Waals surface area contributed by atoms with Crippen LogP contribution in [0.15, 0.2) is 6.33 Å². The highest BCUT2D eigenvalue weighted by Crippen LogP contribution is 2.23. The molecule has 0 radical (unpaired) electrons. The fourth-order valence-corrected chi connectivity index (χ4v) is 1.47. The van der Waals surface area contributed by atoms with Gasteiger partial charge >= 0.3 is 0 Å². The van der Waals surface area contributed by atoms with Gasteiger partial charge < -0.3 is 15.8 Å². The van der Waals surface area contributed by atoms with Gasteiger partial charge in [0.1, 0.15) is 12.0 Å². The summed E-state index contributed by atoms with van der Waals surface area (Å²) in [5, 5.41) is 2.99. The first-order valence-electron chi connectivity index (χ1n) is 4.92. The lowest BCUT2D eigenvalue weighted by Crippen LogP contribution is -2.13. The first-order valence-corrected chi connectivity index (χ1v) is 6.65. The highest BCUT2D eigenvalue weighted by molar-refractivity contribution is 7.84. The van der Waals surface area contributed by atoms with Gasteiger partial charge in [0.05, 0.1) is 6.61 Å². The Kier molecular flexibility index (Phi) is 4.97. The van der Waals surface area contributed by atoms with Crippen LogP contribution < -0.4 is 15.8 Å². The van der Waals surface area contributed by atoms with Gasteiger partial charge in [-0.25, -0.2) is 4.98 Å². The molecule has 0 saturated heterocycles. The van der Waals surface area contributed by atoms with E-state index >= 15 is 0 Å². The third-order valence-corrected chi connectivity index (χ3v) is 2.59. The monoisotopic (exact) mass is 244 g/mol. The standard InChI is InChI=1S/C9H16N4O2S/c1-3-15-9-7(10)8(12-6-13-9)11-4-5-16(2)14/h6H,3-5,10H2,1-2H3,(H,11,12,13). The summed E-state index contributed by atoms with van der Waals surface area (Å²) in [6.07, 6.45) is 3.03. The Labute approximate surface area is 97.1 Å². The number of nitrogens with two attached hydrogens (primary N) is 1. The average Bonchev–Trinajstić information content (AvgIpc) is 2.23. The van der Waals surface area contributed by atoms with Crippen LogP contribution >= 0.6 is 0 Å². The number of nitrogens with one attached hydrogen (secondary N) is 1. The van der Waals surface area contributed by atoms with Crippen LogP contribution in [0.5, 0.6) is 5.88 Å². The van der Waals surface area contributed by atoms with Crippen molar-refractivity contribution in [2.24, 2.45) is 0 Å². The number of rotatable bonds is 6. The lowest BCUT2D eigenvalue weighted by Gasteiger charge is -2.10. The fraction of sp³-hybridized carbons (Fsp3) is 0.556. The minimum absolute atomic E-state index is 0.373. The fourth-order valence-electron chi connectivity index (χ4n) is 1.09. The van der Waals surface area contributed by atoms with Crippen molar-refractivity contribution in [3.05, 3.63) is 6.33 Å². The van der Waals surface area contributed by atoms with E-state index in [0.717, 1.165) is 0 Å². The lowest BCUT2D eigenvalue weighted by atomic mass is 10.4. The Balaban J connectivity index is 2.65. The normalized spacial score (nSPS) is 12.1. The summed E-state index contributed by atoms with van der Waals surface area (Å²) in [7, 11) is -0.833. The van der Waals surface area contributed by atoms with E-state index in [-0.39, 0.29) is 0 Å². The second-order valence-electron chi connectivity index (χ2n) is 3.08. The number of ether oxygens (including phenoxy) is 1. The summed E-state index contributed by atoms with van der Waals surface area (Å²) in [6.45, 7) is 2.91. The number of aromatic nitrogens is 2. The molecule has 1 heterocycles. The number of anilines is 2. The van der Waals surface area contributed by atoms with Crippen LogP contribution in [0.1, 0.15) is 6.92 Å². The summed E-state index contributed by atoms with van der Waals surface area (Å²) in [5.41, 5.74) is 6.18. The Morgan fingerprint density at radius 3 is 2.94 bits per heavy atom. The number of nitrogen functional groups attached to an aromatic ring is 1. The zero-order chi connectivity index (χ0) is 12.0. The molecule has 3 N–H and O–H groups in total. The lowest BCUT2D eigenvalue weighted by molar-refractivity contribution is 0.328. The van der Waals surface area contributed by atoms with Crippen molar-refractivity contribution in [3.63, 3.8) is 0 Å².